The fourth-order valence-electron chi connectivity index (χ4n) is 1.42. The minimum atomic E-state index is -0.304. The maximum atomic E-state index is 5.88. The summed E-state index contributed by atoms with van der Waals surface area (Å²) in [6.07, 6.45) is -0.304. The summed E-state index contributed by atoms with van der Waals surface area (Å²) in [6.45, 7) is 1.42. The van der Waals surface area contributed by atoms with Crippen molar-refractivity contribution >= 4 is 11.6 Å². The number of hydrogen-bond donors (Lipinski definition) is 1. The highest BCUT2D eigenvalue weighted by Crippen LogP contribution is 2.21. The number of fused-ring (bicyclic) bond motifs is 1. The number of halogens is 1. The lowest BCUT2D eigenvalue weighted by Crippen LogP contribution is -2.24. The van der Waals surface area contributed by atoms with Crippen LogP contribution in [-0.2, 0) is 22.7 Å². The average Bonchev–Trinajstić information content (AvgIpc) is 2.39. The normalized spacial score (nSPS) is 21.4. The lowest BCUT2D eigenvalue weighted by molar-refractivity contribution is -0.141. The Morgan fingerprint density at radius 3 is 2.71 bits per heavy atom. The highest BCUT2D eigenvalue weighted by Gasteiger charge is 2.15. The maximum absolute atomic E-state index is 5.88. The van der Waals surface area contributed by atoms with Gasteiger partial charge in [0.2, 0.25) is 0 Å². The molecule has 0 amide bonds. The van der Waals surface area contributed by atoms with Gasteiger partial charge in [0.05, 0.1) is 13.2 Å². The lowest BCUT2D eigenvalue weighted by Gasteiger charge is -2.11. The van der Waals surface area contributed by atoms with Crippen LogP contribution in [0.2, 0.25) is 5.02 Å². The van der Waals surface area contributed by atoms with Gasteiger partial charge < -0.3 is 15.2 Å². The number of rotatable bonds is 1. The largest absolute Gasteiger partial charge is 0.347 e. The van der Waals surface area contributed by atoms with Crippen molar-refractivity contribution in [2.45, 2.75) is 19.5 Å². The molecule has 3 nitrogen and oxygen atoms in total. The fraction of sp³-hybridized carbons (Fsp3) is 0.400. The van der Waals surface area contributed by atoms with Gasteiger partial charge in [-0.15, -0.1) is 0 Å². The van der Waals surface area contributed by atoms with Crippen LogP contribution in [0.5, 0.6) is 0 Å². The summed E-state index contributed by atoms with van der Waals surface area (Å²) in [6, 6.07) is 5.71. The van der Waals surface area contributed by atoms with Gasteiger partial charge in [0.15, 0.2) is 6.29 Å². The third-order valence-corrected chi connectivity index (χ3v) is 2.45. The molecule has 0 spiro atoms. The molecule has 14 heavy (non-hydrogen) atoms. The molecule has 0 saturated heterocycles. The van der Waals surface area contributed by atoms with Crippen LogP contribution in [0.15, 0.2) is 18.2 Å². The molecule has 0 aliphatic carbocycles. The Bertz CT molecular complexity index is 330. The first-order chi connectivity index (χ1) is 6.79. The molecule has 0 radical (unpaired) electrons. The molecule has 0 aromatic heterocycles. The van der Waals surface area contributed by atoms with E-state index in [1.54, 1.807) is 0 Å². The predicted octanol–water partition coefficient (Wildman–Crippen LogP) is 1.67. The molecular weight excluding hydrogens is 202 g/mol. The molecule has 76 valence electrons. The van der Waals surface area contributed by atoms with E-state index in [-0.39, 0.29) is 6.29 Å². The number of nitrogens with two attached hydrogens (primary N) is 1. The van der Waals surface area contributed by atoms with Crippen molar-refractivity contribution in [3.63, 3.8) is 0 Å². The Morgan fingerprint density at radius 1 is 1.29 bits per heavy atom. The van der Waals surface area contributed by atoms with E-state index in [0.717, 1.165) is 16.1 Å². The smallest absolute Gasteiger partial charge is 0.170 e. The predicted molar refractivity (Wildman–Crippen MR) is 53.9 cm³/mol. The van der Waals surface area contributed by atoms with Crippen LogP contribution in [0.1, 0.15) is 11.1 Å². The molecule has 1 aliphatic heterocycles. The van der Waals surface area contributed by atoms with Crippen molar-refractivity contribution in [3.8, 4) is 0 Å². The molecule has 4 heteroatoms. The van der Waals surface area contributed by atoms with Crippen LogP contribution in [0.25, 0.3) is 0 Å². The summed E-state index contributed by atoms with van der Waals surface area (Å²) < 4.78 is 10.9. The van der Waals surface area contributed by atoms with Crippen molar-refractivity contribution in [3.05, 3.63) is 34.3 Å². The number of ether oxygens (including phenoxy) is 2. The van der Waals surface area contributed by atoms with E-state index in [4.69, 9.17) is 26.8 Å². The topological polar surface area (TPSA) is 44.5 Å². The second-order valence-corrected chi connectivity index (χ2v) is 3.64. The Hall–Kier alpha value is -0.610. The van der Waals surface area contributed by atoms with E-state index >= 15 is 0 Å². The zero-order valence-electron chi connectivity index (χ0n) is 7.70. The number of benzene rings is 1. The minimum Gasteiger partial charge on any atom is -0.347 e. The van der Waals surface area contributed by atoms with Crippen molar-refractivity contribution in [1.82, 2.24) is 0 Å². The Labute approximate surface area is 87.8 Å². The third kappa shape index (κ3) is 2.07. The van der Waals surface area contributed by atoms with Gasteiger partial charge in [0.25, 0.3) is 0 Å². The van der Waals surface area contributed by atoms with Crippen molar-refractivity contribution < 1.29 is 9.47 Å². The zero-order chi connectivity index (χ0) is 9.97. The maximum Gasteiger partial charge on any atom is 0.170 e. The van der Waals surface area contributed by atoms with E-state index in [1.807, 2.05) is 18.2 Å². The molecule has 1 aliphatic rings. The molecule has 1 unspecified atom stereocenters. The highest BCUT2D eigenvalue weighted by molar-refractivity contribution is 6.30. The summed E-state index contributed by atoms with van der Waals surface area (Å²) in [5.74, 6) is 0. The van der Waals surface area contributed by atoms with Gasteiger partial charge in [-0.25, -0.2) is 0 Å². The fourth-order valence-corrected chi connectivity index (χ4v) is 1.61. The van der Waals surface area contributed by atoms with E-state index < -0.39 is 0 Å². The van der Waals surface area contributed by atoms with Crippen LogP contribution < -0.4 is 5.73 Å². The van der Waals surface area contributed by atoms with E-state index in [1.165, 1.54) is 0 Å². The first-order valence-electron chi connectivity index (χ1n) is 4.50. The summed E-state index contributed by atoms with van der Waals surface area (Å²) in [5.41, 5.74) is 7.65. The van der Waals surface area contributed by atoms with Crippen LogP contribution in [0.3, 0.4) is 0 Å². The van der Waals surface area contributed by atoms with Crippen LogP contribution >= 0.6 is 11.6 Å². The van der Waals surface area contributed by atoms with Gasteiger partial charge in [-0.05, 0) is 23.3 Å². The van der Waals surface area contributed by atoms with Gasteiger partial charge in [-0.1, -0.05) is 17.7 Å². The second kappa shape index (κ2) is 4.28. The Morgan fingerprint density at radius 2 is 2.00 bits per heavy atom. The van der Waals surface area contributed by atoms with E-state index in [9.17, 15) is 0 Å². The second-order valence-electron chi connectivity index (χ2n) is 3.20. The zero-order valence-corrected chi connectivity index (χ0v) is 8.46. The van der Waals surface area contributed by atoms with Gasteiger partial charge >= 0.3 is 0 Å². The third-order valence-electron chi connectivity index (χ3n) is 2.21. The van der Waals surface area contributed by atoms with Gasteiger partial charge in [0, 0.05) is 11.6 Å². The van der Waals surface area contributed by atoms with Gasteiger partial charge in [-0.3, -0.25) is 0 Å². The molecule has 1 aromatic carbocycles. The summed E-state index contributed by atoms with van der Waals surface area (Å²) in [5, 5.41) is 0.721. The highest BCUT2D eigenvalue weighted by atomic mass is 35.5. The van der Waals surface area contributed by atoms with E-state index in [0.29, 0.717) is 19.8 Å². The molecule has 1 heterocycles. The van der Waals surface area contributed by atoms with Crippen molar-refractivity contribution in [2.75, 3.05) is 6.54 Å². The Kier molecular flexibility index (Phi) is 3.03. The Balaban J connectivity index is 2.21. The molecule has 0 fully saturated rings. The molecular formula is C10H12ClNO2. The lowest BCUT2D eigenvalue weighted by atomic mass is 10.1. The quantitative estimate of drug-likeness (QED) is 0.772. The molecule has 0 bridgehead atoms. The summed E-state index contributed by atoms with van der Waals surface area (Å²) >= 11 is 5.88. The molecule has 0 saturated carbocycles. The van der Waals surface area contributed by atoms with Gasteiger partial charge in [0.1, 0.15) is 0 Å². The molecule has 1 aromatic rings. The number of hydrogen-bond acceptors (Lipinski definition) is 3. The molecule has 1 atom stereocenters. The minimum absolute atomic E-state index is 0.304. The van der Waals surface area contributed by atoms with Crippen LogP contribution in [0.4, 0.5) is 0 Å². The van der Waals surface area contributed by atoms with E-state index in [2.05, 4.69) is 0 Å². The van der Waals surface area contributed by atoms with Crippen molar-refractivity contribution in [1.29, 1.82) is 0 Å². The molecule has 2 rings (SSSR count). The standard InChI is InChI=1S/C10H12ClNO2/c11-9-2-1-7-5-13-10(4-12)14-6-8(7)3-9/h1-3,10H,4-6,12H2. The monoisotopic (exact) mass is 213 g/mol. The average molecular weight is 214 g/mol. The van der Waals surface area contributed by atoms with Crippen molar-refractivity contribution in [2.24, 2.45) is 5.73 Å². The van der Waals surface area contributed by atoms with Gasteiger partial charge in [-0.2, -0.15) is 0 Å². The summed E-state index contributed by atoms with van der Waals surface area (Å²) in [7, 11) is 0. The van der Waals surface area contributed by atoms with Crippen LogP contribution in [-0.4, -0.2) is 12.8 Å². The first-order valence-corrected chi connectivity index (χ1v) is 4.88. The SMILES string of the molecule is NCC1OCc2ccc(Cl)cc2CO1. The first kappa shape index (κ1) is 9.93. The molecule has 2 N–H and O–H groups in total. The van der Waals surface area contributed by atoms with Crippen LogP contribution in [0, 0.1) is 0 Å². The summed E-state index contributed by atoms with van der Waals surface area (Å²) in [4.78, 5) is 0.